The smallest absolute Gasteiger partial charge is 0.174 e. The fourth-order valence-corrected chi connectivity index (χ4v) is 1.83. The number of aromatic nitrogens is 1. The van der Waals surface area contributed by atoms with E-state index in [0.29, 0.717) is 11.3 Å². The third-order valence-corrected chi connectivity index (χ3v) is 2.52. The van der Waals surface area contributed by atoms with Gasteiger partial charge in [-0.1, -0.05) is 5.16 Å². The summed E-state index contributed by atoms with van der Waals surface area (Å²) < 4.78 is 10.4. The first-order valence-corrected chi connectivity index (χ1v) is 4.39. The molecule has 0 atom stereocenters. The van der Waals surface area contributed by atoms with Crippen molar-refractivity contribution in [2.24, 2.45) is 0 Å². The number of aryl methyl sites for hydroxylation is 2. The van der Waals surface area contributed by atoms with Crippen LogP contribution in [0.25, 0.3) is 11.3 Å². The third kappa shape index (κ3) is 0.824. The molecule has 4 heteroatoms. The van der Waals surface area contributed by atoms with Crippen molar-refractivity contribution in [1.82, 2.24) is 5.16 Å². The highest BCUT2D eigenvalue weighted by Crippen LogP contribution is 2.36. The van der Waals surface area contributed by atoms with Crippen LogP contribution in [0.1, 0.15) is 21.7 Å². The maximum absolute atomic E-state index is 10.7. The largest absolute Gasteiger partial charge is 0.468 e. The zero-order valence-electron chi connectivity index (χ0n) is 7.32. The van der Waals surface area contributed by atoms with Gasteiger partial charge in [0, 0.05) is 12.0 Å². The van der Waals surface area contributed by atoms with Gasteiger partial charge in [0.1, 0.15) is 12.0 Å². The van der Waals surface area contributed by atoms with Crippen LogP contribution in [0.15, 0.2) is 21.4 Å². The topological polar surface area (TPSA) is 56.2 Å². The lowest BCUT2D eigenvalue weighted by Crippen LogP contribution is -1.99. The molecule has 0 spiro atoms. The molecule has 0 aliphatic heterocycles. The van der Waals surface area contributed by atoms with Crippen molar-refractivity contribution >= 4 is 6.29 Å². The van der Waals surface area contributed by atoms with Gasteiger partial charge in [0.25, 0.3) is 0 Å². The van der Waals surface area contributed by atoms with E-state index in [1.807, 2.05) is 0 Å². The van der Waals surface area contributed by atoms with Gasteiger partial charge >= 0.3 is 0 Å². The molecule has 1 aliphatic carbocycles. The van der Waals surface area contributed by atoms with Crippen LogP contribution in [0, 0.1) is 0 Å². The van der Waals surface area contributed by atoms with E-state index in [1.165, 1.54) is 6.26 Å². The molecule has 3 rings (SSSR count). The fourth-order valence-electron chi connectivity index (χ4n) is 1.83. The van der Waals surface area contributed by atoms with Crippen molar-refractivity contribution in [3.63, 3.8) is 0 Å². The summed E-state index contributed by atoms with van der Waals surface area (Å²) in [5.41, 5.74) is 2.36. The molecule has 2 aromatic heterocycles. The molecule has 0 unspecified atom stereocenters. The maximum Gasteiger partial charge on any atom is 0.174 e. The number of fused-ring (bicyclic) bond motifs is 3. The molecule has 2 aromatic rings. The van der Waals surface area contributed by atoms with Crippen LogP contribution in [-0.2, 0) is 12.8 Å². The van der Waals surface area contributed by atoms with E-state index in [1.54, 1.807) is 6.20 Å². The van der Waals surface area contributed by atoms with Crippen LogP contribution in [-0.4, -0.2) is 11.4 Å². The quantitative estimate of drug-likeness (QED) is 0.642. The van der Waals surface area contributed by atoms with Crippen molar-refractivity contribution < 1.29 is 13.7 Å². The minimum atomic E-state index is 0.540. The predicted molar refractivity (Wildman–Crippen MR) is 47.0 cm³/mol. The molecule has 0 saturated carbocycles. The second kappa shape index (κ2) is 2.57. The van der Waals surface area contributed by atoms with Gasteiger partial charge in [0.05, 0.1) is 17.3 Å². The zero-order valence-corrected chi connectivity index (χ0v) is 7.32. The highest BCUT2D eigenvalue weighted by atomic mass is 16.5. The summed E-state index contributed by atoms with van der Waals surface area (Å²) in [6.07, 6.45) is 5.60. The number of nitrogens with zero attached hydrogens (tertiary/aromatic N) is 1. The highest BCUT2D eigenvalue weighted by molar-refractivity contribution is 5.88. The molecule has 14 heavy (non-hydrogen) atoms. The molecule has 0 aromatic carbocycles. The number of furan rings is 1. The fraction of sp³-hybridized carbons (Fsp3) is 0.200. The van der Waals surface area contributed by atoms with Crippen LogP contribution in [0.5, 0.6) is 0 Å². The van der Waals surface area contributed by atoms with Crippen LogP contribution >= 0.6 is 0 Å². The second-order valence-electron chi connectivity index (χ2n) is 3.29. The minimum absolute atomic E-state index is 0.540. The van der Waals surface area contributed by atoms with Gasteiger partial charge in [-0.05, 0) is 6.42 Å². The third-order valence-electron chi connectivity index (χ3n) is 2.52. The molecular weight excluding hydrogens is 182 g/mol. The first-order valence-electron chi connectivity index (χ1n) is 4.39. The van der Waals surface area contributed by atoms with Crippen molar-refractivity contribution in [1.29, 1.82) is 0 Å². The summed E-state index contributed by atoms with van der Waals surface area (Å²) in [7, 11) is 0. The summed E-state index contributed by atoms with van der Waals surface area (Å²) in [6, 6.07) is 0. The number of carbonyl (C=O) groups is 1. The highest BCUT2D eigenvalue weighted by Gasteiger charge is 2.26. The first-order chi connectivity index (χ1) is 6.90. The monoisotopic (exact) mass is 189 g/mol. The molecular formula is C10H7NO3. The molecule has 0 fully saturated rings. The van der Waals surface area contributed by atoms with Crippen molar-refractivity contribution in [3.8, 4) is 11.3 Å². The van der Waals surface area contributed by atoms with Crippen molar-refractivity contribution in [2.45, 2.75) is 12.8 Å². The Balaban J connectivity index is 2.32. The number of hydrogen-bond donors (Lipinski definition) is 0. The summed E-state index contributed by atoms with van der Waals surface area (Å²) >= 11 is 0. The molecule has 70 valence electrons. The average Bonchev–Trinajstić information content (AvgIpc) is 2.82. The minimum Gasteiger partial charge on any atom is -0.468 e. The number of carbonyl (C=O) groups excluding carboxylic acids is 1. The zero-order chi connectivity index (χ0) is 9.54. The predicted octanol–water partition coefficient (Wildman–Crippen LogP) is 1.85. The lowest BCUT2D eigenvalue weighted by Gasteiger charge is -2.07. The Morgan fingerprint density at radius 3 is 3.21 bits per heavy atom. The van der Waals surface area contributed by atoms with Gasteiger partial charge in [-0.2, -0.15) is 0 Å². The summed E-state index contributed by atoms with van der Waals surface area (Å²) in [5.74, 6) is 1.50. The standard InChI is InChI=1S/C10H7NO3/c12-4-7-5-13-8-2-1-6-3-11-14-10(6)9(7)8/h3-5H,1-2H2. The molecule has 0 saturated heterocycles. The summed E-state index contributed by atoms with van der Waals surface area (Å²) in [6.45, 7) is 0. The molecule has 2 heterocycles. The molecule has 1 aliphatic rings. The van der Waals surface area contributed by atoms with E-state index in [-0.39, 0.29) is 0 Å². The Morgan fingerprint density at radius 1 is 1.43 bits per heavy atom. The molecule has 4 nitrogen and oxygen atoms in total. The second-order valence-corrected chi connectivity index (χ2v) is 3.29. The van der Waals surface area contributed by atoms with Crippen LogP contribution in [0.3, 0.4) is 0 Å². The summed E-state index contributed by atoms with van der Waals surface area (Å²) in [5, 5.41) is 3.73. The van der Waals surface area contributed by atoms with Crippen molar-refractivity contribution in [3.05, 3.63) is 29.3 Å². The van der Waals surface area contributed by atoms with E-state index < -0.39 is 0 Å². The van der Waals surface area contributed by atoms with E-state index in [4.69, 9.17) is 8.94 Å². The van der Waals surface area contributed by atoms with E-state index in [2.05, 4.69) is 5.16 Å². The van der Waals surface area contributed by atoms with Crippen molar-refractivity contribution in [2.75, 3.05) is 0 Å². The normalized spacial score (nSPS) is 13.4. The Bertz CT molecular complexity index is 495. The van der Waals surface area contributed by atoms with Gasteiger partial charge in [-0.25, -0.2) is 0 Å². The number of rotatable bonds is 1. The van der Waals surface area contributed by atoms with E-state index >= 15 is 0 Å². The Labute approximate surface area is 79.5 Å². The molecule has 0 bridgehead atoms. The lowest BCUT2D eigenvalue weighted by molar-refractivity contribution is 0.112. The van der Waals surface area contributed by atoms with Gasteiger partial charge < -0.3 is 8.94 Å². The van der Waals surface area contributed by atoms with Crippen LogP contribution < -0.4 is 0 Å². The Kier molecular flexibility index (Phi) is 1.39. The first kappa shape index (κ1) is 7.55. The number of hydrogen-bond acceptors (Lipinski definition) is 4. The average molecular weight is 189 g/mol. The van der Waals surface area contributed by atoms with Gasteiger partial charge in [-0.3, -0.25) is 4.79 Å². The SMILES string of the molecule is O=Cc1coc2c1-c1oncc1CC2. The van der Waals surface area contributed by atoms with Crippen LogP contribution in [0.4, 0.5) is 0 Å². The van der Waals surface area contributed by atoms with E-state index in [9.17, 15) is 4.79 Å². The van der Waals surface area contributed by atoms with Gasteiger partial charge in [0.2, 0.25) is 0 Å². The molecule has 0 amide bonds. The van der Waals surface area contributed by atoms with Crippen LogP contribution in [0.2, 0.25) is 0 Å². The van der Waals surface area contributed by atoms with E-state index in [0.717, 1.165) is 36.0 Å². The lowest BCUT2D eigenvalue weighted by atomic mass is 9.95. The van der Waals surface area contributed by atoms with Gasteiger partial charge in [-0.15, -0.1) is 0 Å². The summed E-state index contributed by atoms with van der Waals surface area (Å²) in [4.78, 5) is 10.7. The number of aldehydes is 1. The molecule has 0 radical (unpaired) electrons. The maximum atomic E-state index is 10.7. The molecule has 0 N–H and O–H groups in total. The van der Waals surface area contributed by atoms with Gasteiger partial charge in [0.15, 0.2) is 12.0 Å². The Morgan fingerprint density at radius 2 is 2.36 bits per heavy atom. The Hall–Kier alpha value is -1.84.